The minimum Gasteiger partial charge on any atom is -0.493 e. The number of hydrogen-bond donors (Lipinski definition) is 2. The molecule has 3 N–H and O–H groups in total. The van der Waals surface area contributed by atoms with Crippen LogP contribution in [0.15, 0.2) is 18.2 Å². The van der Waals surface area contributed by atoms with Gasteiger partial charge >= 0.3 is 0 Å². The summed E-state index contributed by atoms with van der Waals surface area (Å²) in [4.78, 5) is 0. The number of hydrogen-bond acceptors (Lipinski definition) is 4. The van der Waals surface area contributed by atoms with Crippen molar-refractivity contribution in [2.45, 2.75) is 18.9 Å². The molecule has 4 heteroatoms. The summed E-state index contributed by atoms with van der Waals surface area (Å²) in [5.41, 5.74) is 6.72. The van der Waals surface area contributed by atoms with Gasteiger partial charge in [-0.05, 0) is 18.9 Å². The van der Waals surface area contributed by atoms with E-state index in [1.807, 2.05) is 12.1 Å². The molecule has 1 aliphatic rings. The number of ether oxygens (including phenoxy) is 2. The van der Waals surface area contributed by atoms with Gasteiger partial charge in [0.05, 0.1) is 13.7 Å². The molecule has 1 heterocycles. The molecule has 0 saturated carbocycles. The van der Waals surface area contributed by atoms with Gasteiger partial charge in [-0.1, -0.05) is 12.1 Å². The summed E-state index contributed by atoms with van der Waals surface area (Å²) in [5.74, 6) is 1.69. The number of nitrogens with one attached hydrogen (secondary N) is 1. The van der Waals surface area contributed by atoms with E-state index < -0.39 is 0 Å². The first kappa shape index (κ1) is 12.2. The highest BCUT2D eigenvalue weighted by molar-refractivity contribution is 5.48. The van der Waals surface area contributed by atoms with Gasteiger partial charge in [-0.15, -0.1) is 0 Å². The van der Waals surface area contributed by atoms with Gasteiger partial charge in [-0.2, -0.15) is 0 Å². The van der Waals surface area contributed by atoms with Crippen LogP contribution in [0, 0.1) is 0 Å². The van der Waals surface area contributed by atoms with Crippen LogP contribution in [0.2, 0.25) is 0 Å². The third-order valence-electron chi connectivity index (χ3n) is 3.02. The molecule has 0 radical (unpaired) electrons. The Morgan fingerprint density at radius 3 is 3.18 bits per heavy atom. The van der Waals surface area contributed by atoms with Gasteiger partial charge in [0.1, 0.15) is 0 Å². The molecule has 1 aromatic carbocycles. The Bertz CT molecular complexity index is 368. The molecule has 1 aliphatic heterocycles. The van der Waals surface area contributed by atoms with Crippen molar-refractivity contribution in [2.75, 3.05) is 26.8 Å². The number of methoxy groups -OCH3 is 1. The molecule has 1 unspecified atom stereocenters. The Morgan fingerprint density at radius 1 is 1.53 bits per heavy atom. The first-order valence-electron chi connectivity index (χ1n) is 6.10. The lowest BCUT2D eigenvalue weighted by molar-refractivity contribution is 0.294. The summed E-state index contributed by atoms with van der Waals surface area (Å²) in [6, 6.07) is 6.34. The Morgan fingerprint density at radius 2 is 2.41 bits per heavy atom. The van der Waals surface area contributed by atoms with Crippen molar-refractivity contribution in [3.8, 4) is 11.5 Å². The summed E-state index contributed by atoms with van der Waals surface area (Å²) >= 11 is 0. The van der Waals surface area contributed by atoms with E-state index in [4.69, 9.17) is 15.2 Å². The number of nitrogens with two attached hydrogens (primary N) is 1. The highest BCUT2D eigenvalue weighted by Crippen LogP contribution is 2.38. The van der Waals surface area contributed by atoms with Gasteiger partial charge < -0.3 is 20.5 Å². The minimum atomic E-state index is 0.311. The fraction of sp³-hybridized carbons (Fsp3) is 0.538. The molecule has 0 spiro atoms. The van der Waals surface area contributed by atoms with Gasteiger partial charge in [0.2, 0.25) is 0 Å². The van der Waals surface area contributed by atoms with E-state index in [-0.39, 0.29) is 0 Å². The average Bonchev–Trinajstić information content (AvgIpc) is 2.58. The van der Waals surface area contributed by atoms with Crippen LogP contribution >= 0.6 is 0 Å². The first-order chi connectivity index (χ1) is 8.36. The number of benzene rings is 1. The zero-order valence-corrected chi connectivity index (χ0v) is 10.2. The zero-order valence-electron chi connectivity index (χ0n) is 10.2. The van der Waals surface area contributed by atoms with Gasteiger partial charge in [0, 0.05) is 24.7 Å². The number of rotatable bonds is 4. The molecule has 2 rings (SSSR count). The zero-order chi connectivity index (χ0) is 12.1. The van der Waals surface area contributed by atoms with Crippen LogP contribution in [0.1, 0.15) is 24.4 Å². The van der Waals surface area contributed by atoms with E-state index in [9.17, 15) is 0 Å². The highest BCUT2D eigenvalue weighted by atomic mass is 16.5. The van der Waals surface area contributed by atoms with Crippen molar-refractivity contribution in [1.82, 2.24) is 5.32 Å². The van der Waals surface area contributed by atoms with Crippen LogP contribution in [0.4, 0.5) is 0 Å². The standard InChI is InChI=1S/C13H20N2O2/c1-16-12-6-2-4-10-11(15-8-7-14)5-3-9-17-13(10)12/h2,4,6,11,15H,3,5,7-9,14H2,1H3. The summed E-state index contributed by atoms with van der Waals surface area (Å²) in [6.07, 6.45) is 2.11. The van der Waals surface area contributed by atoms with Gasteiger partial charge in [0.25, 0.3) is 0 Å². The van der Waals surface area contributed by atoms with Crippen LogP contribution in [0.5, 0.6) is 11.5 Å². The lowest BCUT2D eigenvalue weighted by atomic mass is 10.0. The molecule has 17 heavy (non-hydrogen) atoms. The molecular weight excluding hydrogens is 216 g/mol. The Hall–Kier alpha value is -1.26. The van der Waals surface area contributed by atoms with Crippen LogP contribution in [-0.4, -0.2) is 26.8 Å². The van der Waals surface area contributed by atoms with E-state index in [0.717, 1.165) is 37.5 Å². The topological polar surface area (TPSA) is 56.5 Å². The van der Waals surface area contributed by atoms with Crippen molar-refractivity contribution in [1.29, 1.82) is 0 Å². The van der Waals surface area contributed by atoms with Crippen molar-refractivity contribution < 1.29 is 9.47 Å². The van der Waals surface area contributed by atoms with Crippen LogP contribution in [0.3, 0.4) is 0 Å². The fourth-order valence-electron chi connectivity index (χ4n) is 2.21. The largest absolute Gasteiger partial charge is 0.493 e. The third-order valence-corrected chi connectivity index (χ3v) is 3.02. The number of para-hydroxylation sites is 1. The Kier molecular flexibility index (Phi) is 4.23. The monoisotopic (exact) mass is 236 g/mol. The first-order valence-corrected chi connectivity index (χ1v) is 6.10. The SMILES string of the molecule is COc1cccc2c1OCCCC2NCCN. The maximum Gasteiger partial charge on any atom is 0.165 e. The normalized spacial score (nSPS) is 19.1. The fourth-order valence-corrected chi connectivity index (χ4v) is 2.21. The Labute approximate surface area is 102 Å². The lowest BCUT2D eigenvalue weighted by Crippen LogP contribution is -2.27. The average molecular weight is 236 g/mol. The van der Waals surface area contributed by atoms with Crippen molar-refractivity contribution in [3.63, 3.8) is 0 Å². The molecule has 1 aromatic rings. The molecule has 94 valence electrons. The second-order valence-electron chi connectivity index (χ2n) is 4.16. The summed E-state index contributed by atoms with van der Waals surface area (Å²) in [5, 5.41) is 3.46. The molecule has 0 aliphatic carbocycles. The van der Waals surface area contributed by atoms with E-state index >= 15 is 0 Å². The second kappa shape index (κ2) is 5.89. The molecule has 0 saturated heterocycles. The molecule has 0 aromatic heterocycles. The maximum atomic E-state index is 5.78. The van der Waals surface area contributed by atoms with Gasteiger partial charge in [0.15, 0.2) is 11.5 Å². The lowest BCUT2D eigenvalue weighted by Gasteiger charge is -2.19. The van der Waals surface area contributed by atoms with Crippen molar-refractivity contribution in [3.05, 3.63) is 23.8 Å². The van der Waals surface area contributed by atoms with Gasteiger partial charge in [-0.25, -0.2) is 0 Å². The summed E-state index contributed by atoms with van der Waals surface area (Å²) in [7, 11) is 1.67. The third kappa shape index (κ3) is 2.70. The molecule has 0 fully saturated rings. The van der Waals surface area contributed by atoms with Crippen molar-refractivity contribution >= 4 is 0 Å². The van der Waals surface area contributed by atoms with E-state index in [0.29, 0.717) is 12.6 Å². The predicted molar refractivity (Wildman–Crippen MR) is 67.5 cm³/mol. The highest BCUT2D eigenvalue weighted by Gasteiger charge is 2.21. The van der Waals surface area contributed by atoms with E-state index in [1.165, 1.54) is 5.56 Å². The minimum absolute atomic E-state index is 0.311. The quantitative estimate of drug-likeness (QED) is 0.831. The van der Waals surface area contributed by atoms with Gasteiger partial charge in [-0.3, -0.25) is 0 Å². The molecule has 0 bridgehead atoms. The smallest absolute Gasteiger partial charge is 0.165 e. The molecule has 1 atom stereocenters. The maximum absolute atomic E-state index is 5.78. The predicted octanol–water partition coefficient (Wildman–Crippen LogP) is 1.46. The second-order valence-corrected chi connectivity index (χ2v) is 4.16. The molecule has 4 nitrogen and oxygen atoms in total. The molecule has 0 amide bonds. The van der Waals surface area contributed by atoms with Crippen LogP contribution < -0.4 is 20.5 Å². The Balaban J connectivity index is 2.28. The summed E-state index contributed by atoms with van der Waals surface area (Å²) < 4.78 is 11.1. The summed E-state index contributed by atoms with van der Waals surface area (Å²) in [6.45, 7) is 2.21. The van der Waals surface area contributed by atoms with E-state index in [1.54, 1.807) is 7.11 Å². The van der Waals surface area contributed by atoms with Crippen LogP contribution in [-0.2, 0) is 0 Å². The molecular formula is C13H20N2O2. The van der Waals surface area contributed by atoms with Crippen molar-refractivity contribution in [2.24, 2.45) is 5.73 Å². The number of fused-ring (bicyclic) bond motifs is 1. The van der Waals surface area contributed by atoms with E-state index in [2.05, 4.69) is 11.4 Å². The van der Waals surface area contributed by atoms with Crippen LogP contribution in [0.25, 0.3) is 0 Å².